The Labute approximate surface area is 177 Å². The van der Waals surface area contributed by atoms with Gasteiger partial charge in [0.15, 0.2) is 5.82 Å². The number of hydrogen-bond donors (Lipinski definition) is 4. The standard InChI is InChI=1S/C23H21N7O/c31-23(13-2-1-3-13)26-16-8-15(10-25-11-16)14-4-5-18-17(9-14)21(30-29-18)22-27-19-6-7-24-12-20(19)28-22/h4-13,23,26,31H,1-3H2,(H,27,28)(H,29,30). The molecule has 0 aliphatic heterocycles. The molecule has 1 aromatic carbocycles. The number of benzene rings is 1. The van der Waals surface area contributed by atoms with Gasteiger partial charge in [-0.15, -0.1) is 0 Å². The summed E-state index contributed by atoms with van der Waals surface area (Å²) in [7, 11) is 0. The van der Waals surface area contributed by atoms with Crippen molar-refractivity contribution < 1.29 is 5.11 Å². The van der Waals surface area contributed by atoms with Gasteiger partial charge < -0.3 is 15.4 Å². The van der Waals surface area contributed by atoms with Gasteiger partial charge in [-0.05, 0) is 42.7 Å². The molecule has 1 saturated carbocycles. The molecule has 1 aliphatic carbocycles. The van der Waals surface area contributed by atoms with Gasteiger partial charge in [0.05, 0.1) is 34.6 Å². The van der Waals surface area contributed by atoms with Gasteiger partial charge in [0.1, 0.15) is 11.9 Å². The third kappa shape index (κ3) is 3.21. The van der Waals surface area contributed by atoms with Crippen molar-refractivity contribution in [3.8, 4) is 22.6 Å². The predicted octanol–water partition coefficient (Wildman–Crippen LogP) is 4.09. The zero-order chi connectivity index (χ0) is 20.8. The van der Waals surface area contributed by atoms with Gasteiger partial charge in [0.25, 0.3) is 0 Å². The van der Waals surface area contributed by atoms with Crippen molar-refractivity contribution in [3.63, 3.8) is 0 Å². The number of fused-ring (bicyclic) bond motifs is 2. The van der Waals surface area contributed by atoms with Crippen molar-refractivity contribution in [2.75, 3.05) is 5.32 Å². The van der Waals surface area contributed by atoms with Crippen LogP contribution in [0.3, 0.4) is 0 Å². The molecule has 1 aliphatic rings. The number of hydrogen-bond acceptors (Lipinski definition) is 6. The highest BCUT2D eigenvalue weighted by Gasteiger charge is 2.25. The van der Waals surface area contributed by atoms with Crippen LogP contribution in [-0.4, -0.2) is 41.5 Å². The van der Waals surface area contributed by atoms with Gasteiger partial charge in [-0.1, -0.05) is 12.5 Å². The van der Waals surface area contributed by atoms with E-state index in [1.165, 1.54) is 6.42 Å². The van der Waals surface area contributed by atoms with E-state index in [2.05, 4.69) is 41.5 Å². The van der Waals surface area contributed by atoms with Crippen LogP contribution in [0.25, 0.3) is 44.6 Å². The summed E-state index contributed by atoms with van der Waals surface area (Å²) in [6.45, 7) is 0. The minimum atomic E-state index is -0.531. The fourth-order valence-electron chi connectivity index (χ4n) is 4.06. The molecule has 154 valence electrons. The number of pyridine rings is 2. The number of aromatic amines is 2. The van der Waals surface area contributed by atoms with E-state index in [-0.39, 0.29) is 0 Å². The topological polar surface area (TPSA) is 115 Å². The Morgan fingerprint density at radius 1 is 1.00 bits per heavy atom. The first-order valence-electron chi connectivity index (χ1n) is 10.4. The van der Waals surface area contributed by atoms with Crippen molar-refractivity contribution >= 4 is 27.6 Å². The van der Waals surface area contributed by atoms with Crippen molar-refractivity contribution in [2.24, 2.45) is 5.92 Å². The molecular weight excluding hydrogens is 390 g/mol. The lowest BCUT2D eigenvalue weighted by atomic mass is 9.84. The van der Waals surface area contributed by atoms with Gasteiger partial charge in [-0.25, -0.2) is 4.98 Å². The summed E-state index contributed by atoms with van der Waals surface area (Å²) in [5.41, 5.74) is 6.21. The number of rotatable bonds is 5. The third-order valence-corrected chi connectivity index (χ3v) is 6.05. The molecule has 4 heterocycles. The summed E-state index contributed by atoms with van der Waals surface area (Å²) in [6.07, 6.45) is 9.85. The largest absolute Gasteiger partial charge is 0.374 e. The second-order valence-corrected chi connectivity index (χ2v) is 8.05. The molecule has 1 fully saturated rings. The maximum atomic E-state index is 10.4. The molecule has 4 aromatic heterocycles. The fraction of sp³-hybridized carbons (Fsp3) is 0.217. The number of nitrogens with zero attached hydrogens (tertiary/aromatic N) is 4. The van der Waals surface area contributed by atoms with E-state index >= 15 is 0 Å². The van der Waals surface area contributed by atoms with Gasteiger partial charge in [0, 0.05) is 29.3 Å². The van der Waals surface area contributed by atoms with E-state index in [9.17, 15) is 5.11 Å². The molecule has 0 amide bonds. The van der Waals surface area contributed by atoms with Crippen LogP contribution in [0.4, 0.5) is 5.69 Å². The Bertz CT molecular complexity index is 1350. The lowest BCUT2D eigenvalue weighted by molar-refractivity contribution is 0.0851. The van der Waals surface area contributed by atoms with Crippen LogP contribution in [0.1, 0.15) is 19.3 Å². The SMILES string of the molecule is OC(Nc1cncc(-c2ccc3[nH]nc(-c4nc5ccncc5[nH]4)c3c2)c1)C1CCC1. The lowest BCUT2D eigenvalue weighted by Crippen LogP contribution is -2.33. The van der Waals surface area contributed by atoms with Crippen LogP contribution in [0.2, 0.25) is 0 Å². The number of aromatic nitrogens is 6. The summed E-state index contributed by atoms with van der Waals surface area (Å²) in [5.74, 6) is 1.02. The van der Waals surface area contributed by atoms with E-state index in [1.807, 2.05) is 30.5 Å². The van der Waals surface area contributed by atoms with Gasteiger partial charge >= 0.3 is 0 Å². The van der Waals surface area contributed by atoms with Crippen molar-refractivity contribution in [3.05, 3.63) is 55.1 Å². The smallest absolute Gasteiger partial charge is 0.159 e. The second-order valence-electron chi connectivity index (χ2n) is 8.05. The van der Waals surface area contributed by atoms with Crippen LogP contribution < -0.4 is 5.32 Å². The number of aliphatic hydroxyl groups excluding tert-OH is 1. The average Bonchev–Trinajstić information content (AvgIpc) is 3.36. The Balaban J connectivity index is 1.36. The Kier molecular flexibility index (Phi) is 4.17. The summed E-state index contributed by atoms with van der Waals surface area (Å²) in [4.78, 5) is 16.5. The van der Waals surface area contributed by atoms with E-state index in [1.54, 1.807) is 18.6 Å². The Morgan fingerprint density at radius 2 is 1.94 bits per heavy atom. The summed E-state index contributed by atoms with van der Waals surface area (Å²) in [5, 5.41) is 22.1. The van der Waals surface area contributed by atoms with Gasteiger partial charge in [-0.2, -0.15) is 5.10 Å². The van der Waals surface area contributed by atoms with E-state index in [4.69, 9.17) is 0 Å². The van der Waals surface area contributed by atoms with Gasteiger partial charge in [-0.3, -0.25) is 15.1 Å². The molecule has 0 radical (unpaired) electrons. The number of anilines is 1. The summed E-state index contributed by atoms with van der Waals surface area (Å²) in [6, 6.07) is 10.0. The highest BCUT2D eigenvalue weighted by atomic mass is 16.3. The first-order valence-corrected chi connectivity index (χ1v) is 10.4. The molecular formula is C23H21N7O. The Hall–Kier alpha value is -3.78. The quantitative estimate of drug-likeness (QED) is 0.324. The highest BCUT2D eigenvalue weighted by Crippen LogP contribution is 2.32. The van der Waals surface area contributed by atoms with Crippen molar-refractivity contribution in [2.45, 2.75) is 25.5 Å². The zero-order valence-corrected chi connectivity index (χ0v) is 16.7. The maximum Gasteiger partial charge on any atom is 0.159 e. The van der Waals surface area contributed by atoms with Crippen molar-refractivity contribution in [1.82, 2.24) is 30.1 Å². The maximum absolute atomic E-state index is 10.4. The minimum absolute atomic E-state index is 0.326. The molecule has 0 saturated heterocycles. The molecule has 8 nitrogen and oxygen atoms in total. The molecule has 4 N–H and O–H groups in total. The molecule has 1 atom stereocenters. The lowest BCUT2D eigenvalue weighted by Gasteiger charge is -2.31. The number of H-pyrrole nitrogens is 2. The van der Waals surface area contributed by atoms with Crippen LogP contribution in [0.5, 0.6) is 0 Å². The first-order chi connectivity index (χ1) is 15.2. The monoisotopic (exact) mass is 411 g/mol. The molecule has 0 spiro atoms. The number of imidazole rings is 1. The van der Waals surface area contributed by atoms with E-state index < -0.39 is 6.23 Å². The van der Waals surface area contributed by atoms with Crippen LogP contribution in [0.15, 0.2) is 55.1 Å². The minimum Gasteiger partial charge on any atom is -0.374 e. The molecule has 8 heteroatoms. The number of nitrogens with one attached hydrogen (secondary N) is 3. The third-order valence-electron chi connectivity index (χ3n) is 6.05. The summed E-state index contributed by atoms with van der Waals surface area (Å²) >= 11 is 0. The van der Waals surface area contributed by atoms with E-state index in [0.717, 1.165) is 57.3 Å². The molecule has 5 aromatic rings. The fourth-order valence-corrected chi connectivity index (χ4v) is 4.06. The highest BCUT2D eigenvalue weighted by molar-refractivity contribution is 5.95. The Morgan fingerprint density at radius 3 is 2.77 bits per heavy atom. The molecule has 0 bridgehead atoms. The zero-order valence-electron chi connectivity index (χ0n) is 16.7. The molecule has 1 unspecified atom stereocenters. The number of aliphatic hydroxyl groups is 1. The summed E-state index contributed by atoms with van der Waals surface area (Å²) < 4.78 is 0. The van der Waals surface area contributed by atoms with Crippen molar-refractivity contribution in [1.29, 1.82) is 0 Å². The molecule has 31 heavy (non-hydrogen) atoms. The second kappa shape index (κ2) is 7.17. The normalized spacial score (nSPS) is 15.3. The van der Waals surface area contributed by atoms with Crippen LogP contribution in [0, 0.1) is 5.92 Å². The average molecular weight is 411 g/mol. The predicted molar refractivity (Wildman–Crippen MR) is 119 cm³/mol. The molecule has 6 rings (SSSR count). The van der Waals surface area contributed by atoms with E-state index in [0.29, 0.717) is 11.7 Å². The van der Waals surface area contributed by atoms with Crippen LogP contribution in [-0.2, 0) is 0 Å². The van der Waals surface area contributed by atoms with Crippen LogP contribution >= 0.6 is 0 Å². The van der Waals surface area contributed by atoms with Gasteiger partial charge in [0.2, 0.25) is 0 Å². The first kappa shape index (κ1) is 18.0.